The van der Waals surface area contributed by atoms with Gasteiger partial charge in [0.05, 0.1) is 11.7 Å². The van der Waals surface area contributed by atoms with E-state index in [4.69, 9.17) is 10.7 Å². The molecule has 0 radical (unpaired) electrons. The van der Waals surface area contributed by atoms with Gasteiger partial charge in [0.1, 0.15) is 11.3 Å². The fraction of sp³-hybridized carbons (Fsp3) is 0.250. The van der Waals surface area contributed by atoms with Gasteiger partial charge in [0.15, 0.2) is 0 Å². The molecule has 100 valence electrons. The minimum Gasteiger partial charge on any atom is -0.398 e. The molecule has 1 saturated carbocycles. The van der Waals surface area contributed by atoms with Crippen LogP contribution in [0.4, 0.5) is 5.69 Å². The molecule has 2 N–H and O–H groups in total. The first kappa shape index (κ1) is 11.5. The van der Waals surface area contributed by atoms with E-state index in [-0.39, 0.29) is 0 Å². The van der Waals surface area contributed by atoms with E-state index >= 15 is 0 Å². The van der Waals surface area contributed by atoms with Crippen LogP contribution >= 0.6 is 0 Å². The number of imidazole rings is 1. The van der Waals surface area contributed by atoms with Crippen molar-refractivity contribution in [3.05, 3.63) is 42.2 Å². The lowest BCUT2D eigenvalue weighted by molar-refractivity contribution is 0.775. The molecule has 1 aromatic carbocycles. The molecule has 1 fully saturated rings. The largest absolute Gasteiger partial charge is 0.398 e. The third-order valence-electron chi connectivity index (χ3n) is 3.94. The Morgan fingerprint density at radius 2 is 2.10 bits per heavy atom. The Balaban J connectivity index is 1.98. The molecule has 0 aliphatic heterocycles. The van der Waals surface area contributed by atoms with Crippen LogP contribution in [0.2, 0.25) is 0 Å². The molecule has 3 aromatic rings. The van der Waals surface area contributed by atoms with Crippen molar-refractivity contribution in [1.82, 2.24) is 14.5 Å². The summed E-state index contributed by atoms with van der Waals surface area (Å²) in [5, 5.41) is 0. The molecular formula is C16H16N4. The van der Waals surface area contributed by atoms with E-state index in [1.807, 2.05) is 31.5 Å². The summed E-state index contributed by atoms with van der Waals surface area (Å²) in [6.45, 7) is 2.02. The predicted molar refractivity (Wildman–Crippen MR) is 80.4 cm³/mol. The molecule has 0 spiro atoms. The van der Waals surface area contributed by atoms with Crippen LogP contribution in [-0.2, 0) is 0 Å². The zero-order valence-corrected chi connectivity index (χ0v) is 11.4. The van der Waals surface area contributed by atoms with E-state index in [0.29, 0.717) is 6.04 Å². The lowest BCUT2D eigenvalue weighted by atomic mass is 10.1. The van der Waals surface area contributed by atoms with Crippen molar-refractivity contribution >= 4 is 16.7 Å². The predicted octanol–water partition coefficient (Wildman–Crippen LogP) is 3.32. The monoisotopic (exact) mass is 264 g/mol. The number of fused-ring (bicyclic) bond motifs is 1. The number of anilines is 1. The number of benzene rings is 1. The number of aryl methyl sites for hydroxylation is 1. The minimum absolute atomic E-state index is 0.569. The molecule has 1 aliphatic carbocycles. The second-order valence-electron chi connectivity index (χ2n) is 5.47. The van der Waals surface area contributed by atoms with Crippen LogP contribution in [0, 0.1) is 6.92 Å². The highest BCUT2D eigenvalue weighted by molar-refractivity contribution is 5.81. The first-order valence-electron chi connectivity index (χ1n) is 6.92. The van der Waals surface area contributed by atoms with Gasteiger partial charge in [-0.05, 0) is 37.5 Å². The number of hydrogen-bond acceptors (Lipinski definition) is 3. The van der Waals surface area contributed by atoms with E-state index in [1.165, 1.54) is 12.8 Å². The molecular weight excluding hydrogens is 248 g/mol. The summed E-state index contributed by atoms with van der Waals surface area (Å²) in [4.78, 5) is 8.93. The normalized spacial score (nSPS) is 14.8. The van der Waals surface area contributed by atoms with Gasteiger partial charge in [-0.2, -0.15) is 0 Å². The molecule has 0 saturated heterocycles. The molecule has 4 rings (SSSR count). The van der Waals surface area contributed by atoms with Crippen molar-refractivity contribution in [2.75, 3.05) is 5.73 Å². The SMILES string of the molecule is Cc1ccc(-c2nc3cnccc3n2C2CC2)cc1N. The highest BCUT2D eigenvalue weighted by atomic mass is 15.1. The summed E-state index contributed by atoms with van der Waals surface area (Å²) >= 11 is 0. The molecule has 0 unspecified atom stereocenters. The minimum atomic E-state index is 0.569. The number of nitrogen functional groups attached to an aromatic ring is 1. The summed E-state index contributed by atoms with van der Waals surface area (Å²) < 4.78 is 2.33. The fourth-order valence-electron chi connectivity index (χ4n) is 2.64. The maximum atomic E-state index is 6.04. The average Bonchev–Trinajstić information content (AvgIpc) is 3.22. The van der Waals surface area contributed by atoms with Crippen LogP contribution in [0.5, 0.6) is 0 Å². The van der Waals surface area contributed by atoms with Gasteiger partial charge in [0.25, 0.3) is 0 Å². The van der Waals surface area contributed by atoms with Crippen LogP contribution in [0.15, 0.2) is 36.7 Å². The molecule has 0 atom stereocenters. The van der Waals surface area contributed by atoms with Crippen molar-refractivity contribution < 1.29 is 0 Å². The van der Waals surface area contributed by atoms with Gasteiger partial charge in [-0.1, -0.05) is 12.1 Å². The van der Waals surface area contributed by atoms with E-state index in [9.17, 15) is 0 Å². The van der Waals surface area contributed by atoms with Gasteiger partial charge < -0.3 is 10.3 Å². The van der Waals surface area contributed by atoms with E-state index in [1.54, 1.807) is 0 Å². The van der Waals surface area contributed by atoms with Gasteiger partial charge in [0.2, 0.25) is 0 Å². The summed E-state index contributed by atoms with van der Waals surface area (Å²) in [6.07, 6.45) is 6.11. The van der Waals surface area contributed by atoms with Crippen molar-refractivity contribution in [3.8, 4) is 11.4 Å². The first-order chi connectivity index (χ1) is 9.74. The average molecular weight is 264 g/mol. The van der Waals surface area contributed by atoms with Gasteiger partial charge in [-0.3, -0.25) is 4.98 Å². The Morgan fingerprint density at radius 3 is 2.85 bits per heavy atom. The van der Waals surface area contributed by atoms with Crippen LogP contribution in [0.25, 0.3) is 22.4 Å². The summed E-state index contributed by atoms with van der Waals surface area (Å²) in [5.41, 5.74) is 11.2. The maximum Gasteiger partial charge on any atom is 0.141 e. The van der Waals surface area contributed by atoms with Crippen LogP contribution in [-0.4, -0.2) is 14.5 Å². The molecule has 0 bridgehead atoms. The third-order valence-corrected chi connectivity index (χ3v) is 3.94. The van der Waals surface area contributed by atoms with Crippen molar-refractivity contribution in [1.29, 1.82) is 0 Å². The van der Waals surface area contributed by atoms with E-state index in [2.05, 4.69) is 21.7 Å². The first-order valence-corrected chi connectivity index (χ1v) is 6.92. The number of rotatable bonds is 2. The number of aromatic nitrogens is 3. The quantitative estimate of drug-likeness (QED) is 0.722. The maximum absolute atomic E-state index is 6.04. The summed E-state index contributed by atoms with van der Waals surface area (Å²) in [7, 11) is 0. The fourth-order valence-corrected chi connectivity index (χ4v) is 2.64. The molecule has 1 aliphatic rings. The van der Waals surface area contributed by atoms with Crippen molar-refractivity contribution in [3.63, 3.8) is 0 Å². The molecule has 2 heterocycles. The Kier molecular flexibility index (Phi) is 2.33. The zero-order chi connectivity index (χ0) is 13.7. The lowest BCUT2D eigenvalue weighted by Gasteiger charge is -2.09. The third kappa shape index (κ3) is 1.68. The number of hydrogen-bond donors (Lipinski definition) is 1. The summed E-state index contributed by atoms with van der Waals surface area (Å²) in [5.74, 6) is 1.00. The van der Waals surface area contributed by atoms with Crippen molar-refractivity contribution in [2.24, 2.45) is 0 Å². The molecule has 4 heteroatoms. The number of nitrogens with two attached hydrogens (primary N) is 1. The molecule has 0 amide bonds. The Morgan fingerprint density at radius 1 is 1.25 bits per heavy atom. The lowest BCUT2D eigenvalue weighted by Crippen LogP contribution is -1.98. The second kappa shape index (κ2) is 4.07. The van der Waals surface area contributed by atoms with Crippen LogP contribution in [0.3, 0.4) is 0 Å². The standard InChI is InChI=1S/C16H16N4/c1-10-2-3-11(8-13(10)17)16-19-14-9-18-7-6-15(14)20(16)12-4-5-12/h2-3,6-9,12H,4-5,17H2,1H3. The highest BCUT2D eigenvalue weighted by Gasteiger charge is 2.28. The zero-order valence-electron chi connectivity index (χ0n) is 11.4. The molecule has 2 aromatic heterocycles. The second-order valence-corrected chi connectivity index (χ2v) is 5.47. The van der Waals surface area contributed by atoms with E-state index in [0.717, 1.165) is 33.7 Å². The number of nitrogens with zero attached hydrogens (tertiary/aromatic N) is 3. The van der Waals surface area contributed by atoms with Crippen LogP contribution < -0.4 is 5.73 Å². The Labute approximate surface area is 117 Å². The smallest absolute Gasteiger partial charge is 0.141 e. The van der Waals surface area contributed by atoms with Crippen molar-refractivity contribution in [2.45, 2.75) is 25.8 Å². The topological polar surface area (TPSA) is 56.7 Å². The van der Waals surface area contributed by atoms with E-state index < -0.39 is 0 Å². The Bertz CT molecular complexity index is 799. The van der Waals surface area contributed by atoms with Gasteiger partial charge >= 0.3 is 0 Å². The van der Waals surface area contributed by atoms with Gasteiger partial charge in [-0.15, -0.1) is 0 Å². The number of pyridine rings is 1. The van der Waals surface area contributed by atoms with Gasteiger partial charge in [-0.25, -0.2) is 4.98 Å². The highest BCUT2D eigenvalue weighted by Crippen LogP contribution is 2.41. The van der Waals surface area contributed by atoms with Gasteiger partial charge in [0, 0.05) is 23.5 Å². The molecule has 20 heavy (non-hydrogen) atoms. The molecule has 4 nitrogen and oxygen atoms in total. The van der Waals surface area contributed by atoms with Crippen LogP contribution in [0.1, 0.15) is 24.4 Å². The Hall–Kier alpha value is -2.36. The summed E-state index contributed by atoms with van der Waals surface area (Å²) in [6, 6.07) is 8.78.